The minimum absolute atomic E-state index is 0.684. The molecule has 1 aliphatic carbocycles. The second-order valence-corrected chi connectivity index (χ2v) is 4.61. The second-order valence-electron chi connectivity index (χ2n) is 4.61. The molecule has 2 aliphatic rings. The summed E-state index contributed by atoms with van der Waals surface area (Å²) < 4.78 is 2.28. The lowest BCUT2D eigenvalue weighted by Gasteiger charge is -2.28. The maximum atomic E-state index is 4.30. The molecule has 4 heteroatoms. The lowest BCUT2D eigenvalue weighted by atomic mass is 9.84. The molecule has 1 N–H and O–H groups in total. The van der Waals surface area contributed by atoms with Crippen molar-refractivity contribution in [2.75, 3.05) is 11.9 Å². The van der Waals surface area contributed by atoms with Gasteiger partial charge in [0.1, 0.15) is 5.82 Å². The third-order valence-corrected chi connectivity index (χ3v) is 3.35. The van der Waals surface area contributed by atoms with Gasteiger partial charge in [-0.1, -0.05) is 13.3 Å². The molecule has 1 unspecified atom stereocenters. The maximum absolute atomic E-state index is 4.30. The number of fused-ring (bicyclic) bond motifs is 1. The summed E-state index contributed by atoms with van der Waals surface area (Å²) in [6, 6.07) is 0. The van der Waals surface area contributed by atoms with E-state index in [2.05, 4.69) is 27.0 Å². The quantitative estimate of drug-likeness (QED) is 0.735. The van der Waals surface area contributed by atoms with Crippen LogP contribution >= 0.6 is 0 Å². The van der Waals surface area contributed by atoms with Crippen molar-refractivity contribution in [3.8, 4) is 0 Å². The van der Waals surface area contributed by atoms with Crippen molar-refractivity contribution < 1.29 is 0 Å². The Kier molecular flexibility index (Phi) is 1.75. The first-order valence-corrected chi connectivity index (χ1v) is 5.51. The van der Waals surface area contributed by atoms with Crippen LogP contribution in [-0.4, -0.2) is 21.3 Å². The van der Waals surface area contributed by atoms with E-state index in [1.807, 2.05) is 0 Å². The third kappa shape index (κ3) is 1.13. The summed E-state index contributed by atoms with van der Waals surface area (Å²) in [5.74, 6) is 3.57. The number of anilines is 1. The van der Waals surface area contributed by atoms with Gasteiger partial charge in [-0.25, -0.2) is 0 Å². The van der Waals surface area contributed by atoms with Crippen LogP contribution in [0.25, 0.3) is 0 Å². The second kappa shape index (κ2) is 2.97. The molecule has 1 atom stereocenters. The minimum Gasteiger partial charge on any atom is -0.354 e. The van der Waals surface area contributed by atoms with Crippen molar-refractivity contribution in [2.24, 2.45) is 5.92 Å². The van der Waals surface area contributed by atoms with Gasteiger partial charge in [-0.05, 0) is 18.8 Å². The zero-order valence-electron chi connectivity index (χ0n) is 8.53. The zero-order chi connectivity index (χ0) is 9.54. The minimum atomic E-state index is 0.684. The summed E-state index contributed by atoms with van der Waals surface area (Å²) in [7, 11) is 0. The summed E-state index contributed by atoms with van der Waals surface area (Å²) in [5, 5.41) is 11.8. The van der Waals surface area contributed by atoms with Gasteiger partial charge in [0.25, 0.3) is 0 Å². The Morgan fingerprint density at radius 2 is 2.21 bits per heavy atom. The highest BCUT2D eigenvalue weighted by Crippen LogP contribution is 2.36. The molecule has 76 valence electrons. The van der Waals surface area contributed by atoms with Gasteiger partial charge in [0, 0.05) is 19.0 Å². The largest absolute Gasteiger partial charge is 0.354 e. The van der Waals surface area contributed by atoms with E-state index < -0.39 is 0 Å². The zero-order valence-corrected chi connectivity index (χ0v) is 8.53. The van der Waals surface area contributed by atoms with Crippen molar-refractivity contribution in [2.45, 2.75) is 38.6 Å². The molecule has 0 spiro atoms. The van der Waals surface area contributed by atoms with E-state index in [0.717, 1.165) is 19.0 Å². The topological polar surface area (TPSA) is 42.7 Å². The fourth-order valence-corrected chi connectivity index (χ4v) is 2.24. The molecule has 1 aromatic rings. The molecule has 1 aromatic heterocycles. The Morgan fingerprint density at radius 1 is 1.36 bits per heavy atom. The molecule has 4 nitrogen and oxygen atoms in total. The average molecular weight is 192 g/mol. The molecule has 2 heterocycles. The number of nitrogens with one attached hydrogen (secondary N) is 1. The molecule has 1 saturated carbocycles. The molecule has 0 bridgehead atoms. The summed E-state index contributed by atoms with van der Waals surface area (Å²) >= 11 is 0. The normalized spacial score (nSPS) is 26.5. The molecule has 14 heavy (non-hydrogen) atoms. The van der Waals surface area contributed by atoms with E-state index in [1.165, 1.54) is 25.1 Å². The maximum Gasteiger partial charge on any atom is 0.224 e. The van der Waals surface area contributed by atoms with Crippen molar-refractivity contribution in [1.82, 2.24) is 14.8 Å². The number of rotatable bonds is 1. The predicted molar refractivity (Wildman–Crippen MR) is 54.3 cm³/mol. The standard InChI is InChI=1S/C10H16N4/c1-7-5-11-10-13-12-9(14(10)6-7)8-3-2-4-8/h7-8H,2-6H2,1H3,(H,11,13). The molecule has 0 saturated heterocycles. The van der Waals surface area contributed by atoms with Crippen LogP contribution in [-0.2, 0) is 6.54 Å². The molecule has 1 fully saturated rings. The molecule has 1 aliphatic heterocycles. The van der Waals surface area contributed by atoms with Crippen molar-refractivity contribution in [3.05, 3.63) is 5.82 Å². The van der Waals surface area contributed by atoms with E-state index in [9.17, 15) is 0 Å². The monoisotopic (exact) mass is 192 g/mol. The smallest absolute Gasteiger partial charge is 0.224 e. The van der Waals surface area contributed by atoms with E-state index in [0.29, 0.717) is 11.8 Å². The SMILES string of the molecule is CC1CNc2nnc(C3CCC3)n2C1. The van der Waals surface area contributed by atoms with Gasteiger partial charge in [0.2, 0.25) is 5.95 Å². The molecular formula is C10H16N4. The van der Waals surface area contributed by atoms with Crippen LogP contribution in [0.5, 0.6) is 0 Å². The lowest BCUT2D eigenvalue weighted by molar-refractivity contribution is 0.370. The van der Waals surface area contributed by atoms with Gasteiger partial charge in [0.05, 0.1) is 0 Å². The van der Waals surface area contributed by atoms with Gasteiger partial charge < -0.3 is 5.32 Å². The van der Waals surface area contributed by atoms with E-state index in [4.69, 9.17) is 0 Å². The van der Waals surface area contributed by atoms with Crippen LogP contribution in [0.15, 0.2) is 0 Å². The third-order valence-electron chi connectivity index (χ3n) is 3.35. The van der Waals surface area contributed by atoms with E-state index in [1.54, 1.807) is 0 Å². The number of nitrogens with zero attached hydrogens (tertiary/aromatic N) is 3. The molecule has 0 radical (unpaired) electrons. The lowest BCUT2D eigenvalue weighted by Crippen LogP contribution is -2.27. The van der Waals surface area contributed by atoms with Crippen LogP contribution in [0.2, 0.25) is 0 Å². The first-order chi connectivity index (χ1) is 6.84. The number of hydrogen-bond acceptors (Lipinski definition) is 3. The summed E-state index contributed by atoms with van der Waals surface area (Å²) in [6.45, 7) is 4.38. The first-order valence-electron chi connectivity index (χ1n) is 5.51. The van der Waals surface area contributed by atoms with Crippen molar-refractivity contribution in [3.63, 3.8) is 0 Å². The van der Waals surface area contributed by atoms with Gasteiger partial charge in [-0.3, -0.25) is 4.57 Å². The Morgan fingerprint density at radius 3 is 2.93 bits per heavy atom. The van der Waals surface area contributed by atoms with Crippen LogP contribution in [0.4, 0.5) is 5.95 Å². The fourth-order valence-electron chi connectivity index (χ4n) is 2.24. The predicted octanol–water partition coefficient (Wildman–Crippen LogP) is 1.61. The first kappa shape index (κ1) is 8.26. The molecule has 0 amide bonds. The van der Waals surface area contributed by atoms with Crippen LogP contribution in [0.3, 0.4) is 0 Å². The van der Waals surface area contributed by atoms with Crippen molar-refractivity contribution in [1.29, 1.82) is 0 Å². The van der Waals surface area contributed by atoms with E-state index in [-0.39, 0.29) is 0 Å². The van der Waals surface area contributed by atoms with Gasteiger partial charge >= 0.3 is 0 Å². The molecule has 0 aromatic carbocycles. The fraction of sp³-hybridized carbons (Fsp3) is 0.800. The Bertz CT molecular complexity index is 340. The number of aromatic nitrogens is 3. The van der Waals surface area contributed by atoms with E-state index >= 15 is 0 Å². The highest BCUT2D eigenvalue weighted by Gasteiger charge is 2.28. The van der Waals surface area contributed by atoms with Crippen LogP contribution in [0.1, 0.15) is 37.9 Å². The van der Waals surface area contributed by atoms with Gasteiger partial charge in [-0.2, -0.15) is 0 Å². The summed E-state index contributed by atoms with van der Waals surface area (Å²) in [4.78, 5) is 0. The Hall–Kier alpha value is -1.06. The summed E-state index contributed by atoms with van der Waals surface area (Å²) in [6.07, 6.45) is 3.95. The summed E-state index contributed by atoms with van der Waals surface area (Å²) in [5.41, 5.74) is 0. The van der Waals surface area contributed by atoms with Crippen molar-refractivity contribution >= 4 is 5.95 Å². The highest BCUT2D eigenvalue weighted by atomic mass is 15.4. The Balaban J connectivity index is 1.93. The van der Waals surface area contributed by atoms with Crippen LogP contribution < -0.4 is 5.32 Å². The molecule has 3 rings (SSSR count). The Labute approximate surface area is 83.7 Å². The average Bonchev–Trinajstić information content (AvgIpc) is 2.46. The highest BCUT2D eigenvalue weighted by molar-refractivity contribution is 5.29. The van der Waals surface area contributed by atoms with Gasteiger partial charge in [0.15, 0.2) is 0 Å². The van der Waals surface area contributed by atoms with Gasteiger partial charge in [-0.15, -0.1) is 10.2 Å². The number of hydrogen-bond donors (Lipinski definition) is 1. The molecular weight excluding hydrogens is 176 g/mol. The van der Waals surface area contributed by atoms with Crippen LogP contribution in [0, 0.1) is 5.92 Å².